The first kappa shape index (κ1) is 21.7. The Kier molecular flexibility index (Phi) is 20.9. The van der Waals surface area contributed by atoms with Gasteiger partial charge in [-0.05, 0) is 25.9 Å². The van der Waals surface area contributed by atoms with Gasteiger partial charge in [0.1, 0.15) is 0 Å². The third-order valence-electron chi connectivity index (χ3n) is 3.41. The summed E-state index contributed by atoms with van der Waals surface area (Å²) in [6.07, 6.45) is 14.8. The van der Waals surface area contributed by atoms with E-state index >= 15 is 0 Å². The molecule has 0 aliphatic rings. The van der Waals surface area contributed by atoms with Gasteiger partial charge in [-0.25, -0.2) is 0 Å². The van der Waals surface area contributed by atoms with Crippen molar-refractivity contribution in [1.29, 1.82) is 0 Å². The third-order valence-corrected chi connectivity index (χ3v) is 3.41. The van der Waals surface area contributed by atoms with E-state index in [2.05, 4.69) is 12.2 Å². The maximum absolute atomic E-state index is 5.81. The maximum Gasteiger partial charge on any atom is 0.0558 e. The molecule has 0 aliphatic heterocycles. The van der Waals surface area contributed by atoms with Gasteiger partial charge in [-0.15, -0.1) is 17.0 Å². The van der Waals surface area contributed by atoms with Crippen LogP contribution in [0.2, 0.25) is 0 Å². The number of hydrogen-bond acceptors (Lipinski definition) is 3. The minimum absolute atomic E-state index is 0. The summed E-state index contributed by atoms with van der Waals surface area (Å²) in [5.41, 5.74) is 11.3. The van der Waals surface area contributed by atoms with Gasteiger partial charge < -0.3 is 16.8 Å². The highest BCUT2D eigenvalue weighted by molar-refractivity contribution is 8.93. The fourth-order valence-electron chi connectivity index (χ4n) is 2.18. The molecule has 0 spiro atoms. The molecule has 1 unspecified atom stereocenters. The fraction of sp³-hybridized carbons (Fsp3) is 1.00. The molecule has 0 saturated heterocycles. The topological polar surface area (TPSA) is 64.1 Å². The number of nitrogens with two attached hydrogens (primary N) is 2. The first-order valence-electron chi connectivity index (χ1n) is 8.00. The minimum atomic E-state index is 0. The van der Waals surface area contributed by atoms with Crippen LogP contribution in [-0.2, 0) is 0 Å². The van der Waals surface area contributed by atoms with E-state index in [9.17, 15) is 0 Å². The summed E-state index contributed by atoms with van der Waals surface area (Å²) in [5.74, 6) is 0. The lowest BCUT2D eigenvalue weighted by Crippen LogP contribution is -2.39. The molecule has 0 rings (SSSR count). The minimum Gasteiger partial charge on any atom is -0.330 e. The lowest BCUT2D eigenvalue weighted by molar-refractivity contribution is 0.478. The molecular formula is C15H36BrN3. The standard InChI is InChI=1S/C15H35N3.BrH/c1-2-3-4-5-6-7-8-9-10-11-14-18-15(17)12-13-16;/h15,18H,2-14,16-17H2,1H3;1H. The maximum atomic E-state index is 5.81. The molecule has 118 valence electrons. The van der Waals surface area contributed by atoms with Crippen molar-refractivity contribution in [2.75, 3.05) is 13.1 Å². The van der Waals surface area contributed by atoms with Crippen molar-refractivity contribution in [3.05, 3.63) is 0 Å². The molecule has 0 aliphatic carbocycles. The Balaban J connectivity index is 0. The van der Waals surface area contributed by atoms with Gasteiger partial charge in [-0.2, -0.15) is 0 Å². The monoisotopic (exact) mass is 337 g/mol. The van der Waals surface area contributed by atoms with Crippen LogP contribution in [0.3, 0.4) is 0 Å². The van der Waals surface area contributed by atoms with Crippen molar-refractivity contribution >= 4 is 17.0 Å². The van der Waals surface area contributed by atoms with Gasteiger partial charge in [0.15, 0.2) is 0 Å². The molecule has 4 heteroatoms. The van der Waals surface area contributed by atoms with Crippen LogP contribution in [0.25, 0.3) is 0 Å². The summed E-state index contributed by atoms with van der Waals surface area (Å²) in [4.78, 5) is 0. The third kappa shape index (κ3) is 18.4. The average Bonchev–Trinajstić information content (AvgIpc) is 2.36. The SMILES string of the molecule is Br.CCCCCCCCCCCCNC(N)CCN. The van der Waals surface area contributed by atoms with Crippen molar-refractivity contribution < 1.29 is 0 Å². The number of nitrogens with one attached hydrogen (secondary N) is 1. The summed E-state index contributed by atoms with van der Waals surface area (Å²) < 4.78 is 0. The van der Waals surface area contributed by atoms with Gasteiger partial charge in [0.2, 0.25) is 0 Å². The van der Waals surface area contributed by atoms with E-state index in [0.717, 1.165) is 13.0 Å². The van der Waals surface area contributed by atoms with Crippen molar-refractivity contribution in [2.45, 2.75) is 83.7 Å². The van der Waals surface area contributed by atoms with Gasteiger partial charge in [0.05, 0.1) is 6.17 Å². The largest absolute Gasteiger partial charge is 0.330 e. The van der Waals surface area contributed by atoms with Crippen LogP contribution in [0.1, 0.15) is 77.6 Å². The highest BCUT2D eigenvalue weighted by Crippen LogP contribution is 2.10. The molecule has 0 heterocycles. The van der Waals surface area contributed by atoms with Crippen molar-refractivity contribution in [3.63, 3.8) is 0 Å². The van der Waals surface area contributed by atoms with Gasteiger partial charge >= 0.3 is 0 Å². The van der Waals surface area contributed by atoms with Gasteiger partial charge in [-0.1, -0.05) is 64.7 Å². The molecule has 19 heavy (non-hydrogen) atoms. The van der Waals surface area contributed by atoms with E-state index in [0.29, 0.717) is 6.54 Å². The Morgan fingerprint density at radius 2 is 1.32 bits per heavy atom. The first-order chi connectivity index (χ1) is 8.81. The molecule has 0 fully saturated rings. The van der Waals surface area contributed by atoms with Crippen LogP contribution in [0, 0.1) is 0 Å². The Labute approximate surface area is 131 Å². The zero-order chi connectivity index (χ0) is 13.5. The van der Waals surface area contributed by atoms with E-state index in [1.807, 2.05) is 0 Å². The Bertz CT molecular complexity index is 156. The van der Waals surface area contributed by atoms with Crippen LogP contribution in [-0.4, -0.2) is 19.3 Å². The van der Waals surface area contributed by atoms with E-state index in [4.69, 9.17) is 11.5 Å². The number of hydrogen-bond donors (Lipinski definition) is 3. The molecule has 3 nitrogen and oxygen atoms in total. The summed E-state index contributed by atoms with van der Waals surface area (Å²) in [6.45, 7) is 3.98. The summed E-state index contributed by atoms with van der Waals surface area (Å²) >= 11 is 0. The number of halogens is 1. The summed E-state index contributed by atoms with van der Waals surface area (Å²) in [7, 11) is 0. The normalized spacial score (nSPS) is 12.2. The molecule has 0 aromatic rings. The Morgan fingerprint density at radius 3 is 1.79 bits per heavy atom. The van der Waals surface area contributed by atoms with E-state index in [-0.39, 0.29) is 23.1 Å². The quantitative estimate of drug-likeness (QED) is 0.334. The molecule has 0 radical (unpaired) electrons. The average molecular weight is 338 g/mol. The van der Waals surface area contributed by atoms with Gasteiger partial charge in [0, 0.05) is 0 Å². The molecule has 0 saturated carbocycles. The number of rotatable bonds is 14. The van der Waals surface area contributed by atoms with Gasteiger partial charge in [0.25, 0.3) is 0 Å². The van der Waals surface area contributed by atoms with Crippen molar-refractivity contribution in [2.24, 2.45) is 11.5 Å². The van der Waals surface area contributed by atoms with E-state index in [1.54, 1.807) is 0 Å². The number of unbranched alkanes of at least 4 members (excludes halogenated alkanes) is 9. The highest BCUT2D eigenvalue weighted by Gasteiger charge is 1.98. The smallest absolute Gasteiger partial charge is 0.0558 e. The van der Waals surface area contributed by atoms with Gasteiger partial charge in [-0.3, -0.25) is 0 Å². The molecular weight excluding hydrogens is 302 g/mol. The van der Waals surface area contributed by atoms with Crippen LogP contribution in [0.4, 0.5) is 0 Å². The van der Waals surface area contributed by atoms with Crippen LogP contribution < -0.4 is 16.8 Å². The lowest BCUT2D eigenvalue weighted by Gasteiger charge is -2.12. The van der Waals surface area contributed by atoms with Crippen molar-refractivity contribution in [1.82, 2.24) is 5.32 Å². The summed E-state index contributed by atoms with van der Waals surface area (Å²) in [5, 5.41) is 3.31. The predicted octanol–water partition coefficient (Wildman–Crippen LogP) is 3.71. The van der Waals surface area contributed by atoms with Crippen LogP contribution in [0.5, 0.6) is 0 Å². The Hall–Kier alpha value is 0.360. The second-order valence-electron chi connectivity index (χ2n) is 5.32. The molecule has 1 atom stereocenters. The van der Waals surface area contributed by atoms with Crippen LogP contribution in [0.15, 0.2) is 0 Å². The molecule has 0 aromatic heterocycles. The van der Waals surface area contributed by atoms with E-state index < -0.39 is 0 Å². The van der Waals surface area contributed by atoms with E-state index in [1.165, 1.54) is 64.2 Å². The molecule has 5 N–H and O–H groups in total. The first-order valence-corrected chi connectivity index (χ1v) is 8.00. The zero-order valence-electron chi connectivity index (χ0n) is 12.8. The second-order valence-corrected chi connectivity index (χ2v) is 5.32. The van der Waals surface area contributed by atoms with Crippen molar-refractivity contribution in [3.8, 4) is 0 Å². The van der Waals surface area contributed by atoms with Crippen LogP contribution >= 0.6 is 17.0 Å². The fourth-order valence-corrected chi connectivity index (χ4v) is 2.18. The lowest BCUT2D eigenvalue weighted by atomic mass is 10.1. The molecule has 0 bridgehead atoms. The molecule has 0 aromatic carbocycles. The highest BCUT2D eigenvalue weighted by atomic mass is 79.9. The predicted molar refractivity (Wildman–Crippen MR) is 91.8 cm³/mol. The summed E-state index contributed by atoms with van der Waals surface area (Å²) in [6, 6.07) is 0. The second kappa shape index (κ2) is 18.4. The molecule has 0 amide bonds. The zero-order valence-corrected chi connectivity index (χ0v) is 14.5. The Morgan fingerprint density at radius 1 is 0.842 bits per heavy atom.